The molecule has 0 aliphatic heterocycles. The van der Waals surface area contributed by atoms with E-state index in [0.29, 0.717) is 0 Å². The molecule has 0 heteroatoms. The van der Waals surface area contributed by atoms with Crippen LogP contribution in [0.3, 0.4) is 0 Å². The van der Waals surface area contributed by atoms with Crippen molar-refractivity contribution in [2.24, 2.45) is 35.5 Å². The van der Waals surface area contributed by atoms with Gasteiger partial charge in [0.05, 0.1) is 0 Å². The standard InChI is InChI=1S/2C13H28.C12H26/c1-5-8-12(3)10-7-11-13(4)9-6-2;1-5-9-12(7-3)11-13(8-4)10-6-2;1-5-8-11(4)10-12(7-3)9-6-2/h2*12-13H,5-11H2,1-4H3;11-12H,5-10H2,1-4H3. The third-order valence-electron chi connectivity index (χ3n) is 8.96. The van der Waals surface area contributed by atoms with Crippen LogP contribution in [0.5, 0.6) is 0 Å². The van der Waals surface area contributed by atoms with Crippen LogP contribution in [0, 0.1) is 35.5 Å². The molecule has 0 rings (SSSR count). The van der Waals surface area contributed by atoms with Gasteiger partial charge in [-0.2, -0.15) is 0 Å². The van der Waals surface area contributed by atoms with Gasteiger partial charge in [-0.15, -0.1) is 0 Å². The normalized spacial score (nSPS) is 15.8. The average molecular weight is 539 g/mol. The highest BCUT2D eigenvalue weighted by Gasteiger charge is 2.12. The topological polar surface area (TPSA) is 0 Å². The van der Waals surface area contributed by atoms with Crippen molar-refractivity contribution in [3.8, 4) is 0 Å². The van der Waals surface area contributed by atoms with E-state index >= 15 is 0 Å². The van der Waals surface area contributed by atoms with Gasteiger partial charge in [0, 0.05) is 0 Å². The van der Waals surface area contributed by atoms with Crippen molar-refractivity contribution < 1.29 is 0 Å². The molecule has 0 aromatic rings. The van der Waals surface area contributed by atoms with E-state index in [4.69, 9.17) is 0 Å². The predicted octanol–water partition coefficient (Wildman–Crippen LogP) is 14.7. The van der Waals surface area contributed by atoms with Crippen molar-refractivity contribution in [3.63, 3.8) is 0 Å². The maximum atomic E-state index is 2.40. The molecule has 234 valence electrons. The minimum absolute atomic E-state index is 0.950. The largest absolute Gasteiger partial charge is 0.0654 e. The smallest absolute Gasteiger partial charge is 0.0414 e. The highest BCUT2D eigenvalue weighted by atomic mass is 14.2. The van der Waals surface area contributed by atoms with Gasteiger partial charge in [0.15, 0.2) is 0 Å². The number of hydrogen-bond acceptors (Lipinski definition) is 0. The maximum absolute atomic E-state index is 2.40. The zero-order valence-corrected chi connectivity index (χ0v) is 29.6. The van der Waals surface area contributed by atoms with Crippen LogP contribution in [-0.2, 0) is 0 Å². The molecule has 6 unspecified atom stereocenters. The van der Waals surface area contributed by atoms with E-state index in [2.05, 4.69) is 83.1 Å². The molecule has 0 fully saturated rings. The summed E-state index contributed by atoms with van der Waals surface area (Å²) in [5.41, 5.74) is 0. The molecule has 0 bridgehead atoms. The Kier molecular flexibility index (Phi) is 37.1. The lowest BCUT2D eigenvalue weighted by atomic mass is 9.86. The summed E-state index contributed by atoms with van der Waals surface area (Å²) in [5, 5.41) is 0. The first-order valence-electron chi connectivity index (χ1n) is 18.2. The quantitative estimate of drug-likeness (QED) is 0.121. The minimum Gasteiger partial charge on any atom is -0.0654 e. The molecule has 0 aliphatic carbocycles. The number of rotatable bonds is 23. The average Bonchev–Trinajstić information content (AvgIpc) is 2.89. The Hall–Kier alpha value is 0. The SMILES string of the molecule is CCCC(C)CC(CC)CCC.CCCC(C)CCCC(C)CCC.CCCC(CC)CC(CC)CCC. The van der Waals surface area contributed by atoms with Crippen molar-refractivity contribution in [1.29, 1.82) is 0 Å². The van der Waals surface area contributed by atoms with Crippen molar-refractivity contribution in [1.82, 2.24) is 0 Å². The summed E-state index contributed by atoms with van der Waals surface area (Å²) in [4.78, 5) is 0. The molecule has 0 saturated carbocycles. The van der Waals surface area contributed by atoms with Crippen LogP contribution in [0.1, 0.15) is 212 Å². The van der Waals surface area contributed by atoms with Gasteiger partial charge in [-0.3, -0.25) is 0 Å². The van der Waals surface area contributed by atoms with E-state index in [0.717, 1.165) is 35.5 Å². The summed E-state index contributed by atoms with van der Waals surface area (Å²) in [7, 11) is 0. The van der Waals surface area contributed by atoms with Gasteiger partial charge in [0.2, 0.25) is 0 Å². The fourth-order valence-electron chi connectivity index (χ4n) is 6.43. The van der Waals surface area contributed by atoms with Crippen LogP contribution >= 0.6 is 0 Å². The molecule has 0 aromatic heterocycles. The van der Waals surface area contributed by atoms with E-state index < -0.39 is 0 Å². The second-order valence-electron chi connectivity index (χ2n) is 13.3. The van der Waals surface area contributed by atoms with Gasteiger partial charge in [-0.25, -0.2) is 0 Å². The summed E-state index contributed by atoms with van der Waals surface area (Å²) in [5.74, 6) is 5.86. The summed E-state index contributed by atoms with van der Waals surface area (Å²) < 4.78 is 0. The Morgan fingerprint density at radius 3 is 0.895 bits per heavy atom. The van der Waals surface area contributed by atoms with Crippen molar-refractivity contribution in [3.05, 3.63) is 0 Å². The van der Waals surface area contributed by atoms with Crippen LogP contribution in [0.2, 0.25) is 0 Å². The zero-order chi connectivity index (χ0) is 29.6. The fraction of sp³-hybridized carbons (Fsp3) is 1.00. The molecule has 0 aliphatic rings. The Labute approximate surface area is 246 Å². The Bertz CT molecular complexity index is 375. The third-order valence-corrected chi connectivity index (χ3v) is 8.96. The van der Waals surface area contributed by atoms with Crippen LogP contribution in [-0.4, -0.2) is 0 Å². The monoisotopic (exact) mass is 539 g/mol. The second-order valence-corrected chi connectivity index (χ2v) is 13.3. The highest BCUT2D eigenvalue weighted by Crippen LogP contribution is 2.26. The van der Waals surface area contributed by atoms with Gasteiger partial charge in [-0.05, 0) is 48.3 Å². The highest BCUT2D eigenvalue weighted by molar-refractivity contribution is 4.64. The molecule has 0 nitrogen and oxygen atoms in total. The number of hydrogen-bond donors (Lipinski definition) is 0. The molecular formula is C38H82. The van der Waals surface area contributed by atoms with Gasteiger partial charge >= 0.3 is 0 Å². The minimum atomic E-state index is 0.950. The lowest BCUT2D eigenvalue weighted by molar-refractivity contribution is 0.318. The molecule has 6 atom stereocenters. The van der Waals surface area contributed by atoms with Crippen molar-refractivity contribution >= 4 is 0 Å². The summed E-state index contributed by atoms with van der Waals surface area (Å²) in [6, 6.07) is 0. The zero-order valence-electron chi connectivity index (χ0n) is 29.6. The Morgan fingerprint density at radius 1 is 0.316 bits per heavy atom. The van der Waals surface area contributed by atoms with Crippen molar-refractivity contribution in [2.75, 3.05) is 0 Å². The van der Waals surface area contributed by atoms with E-state index in [1.165, 1.54) is 128 Å². The summed E-state index contributed by atoms with van der Waals surface area (Å²) in [6.07, 6.45) is 28.1. The molecule has 0 N–H and O–H groups in total. The van der Waals surface area contributed by atoms with Gasteiger partial charge in [0.1, 0.15) is 0 Å². The molecule has 0 aromatic carbocycles. The predicted molar refractivity (Wildman–Crippen MR) is 181 cm³/mol. The summed E-state index contributed by atoms with van der Waals surface area (Å²) in [6.45, 7) is 28.0. The van der Waals surface area contributed by atoms with Crippen LogP contribution in [0.25, 0.3) is 0 Å². The molecule has 0 amide bonds. The molecule has 0 saturated heterocycles. The fourth-order valence-corrected chi connectivity index (χ4v) is 6.43. The Morgan fingerprint density at radius 2 is 0.605 bits per heavy atom. The second kappa shape index (κ2) is 33.2. The maximum Gasteiger partial charge on any atom is -0.0414 e. The molecule has 0 radical (unpaired) electrons. The lowest BCUT2D eigenvalue weighted by Crippen LogP contribution is -2.07. The van der Waals surface area contributed by atoms with Gasteiger partial charge in [-0.1, -0.05) is 199 Å². The van der Waals surface area contributed by atoms with Crippen LogP contribution in [0.15, 0.2) is 0 Å². The lowest BCUT2D eigenvalue weighted by Gasteiger charge is -2.20. The van der Waals surface area contributed by atoms with Gasteiger partial charge < -0.3 is 0 Å². The first kappa shape index (κ1) is 42.5. The first-order valence-corrected chi connectivity index (χ1v) is 18.2. The molecule has 38 heavy (non-hydrogen) atoms. The molecule has 0 heterocycles. The van der Waals surface area contributed by atoms with E-state index in [-0.39, 0.29) is 0 Å². The first-order chi connectivity index (χ1) is 18.2. The van der Waals surface area contributed by atoms with Crippen molar-refractivity contribution in [2.45, 2.75) is 212 Å². The molecule has 0 spiro atoms. The van der Waals surface area contributed by atoms with E-state index in [1.54, 1.807) is 0 Å². The Balaban J connectivity index is -0.000000484. The van der Waals surface area contributed by atoms with Crippen LogP contribution in [0.4, 0.5) is 0 Å². The summed E-state index contributed by atoms with van der Waals surface area (Å²) >= 11 is 0. The molecular weight excluding hydrogens is 456 g/mol. The van der Waals surface area contributed by atoms with E-state index in [1.807, 2.05) is 0 Å². The third kappa shape index (κ3) is 30.5. The van der Waals surface area contributed by atoms with Gasteiger partial charge in [0.25, 0.3) is 0 Å². The van der Waals surface area contributed by atoms with Crippen LogP contribution < -0.4 is 0 Å². The van der Waals surface area contributed by atoms with E-state index in [9.17, 15) is 0 Å².